The van der Waals surface area contributed by atoms with Crippen molar-refractivity contribution in [2.45, 2.75) is 71.6 Å². The van der Waals surface area contributed by atoms with Crippen molar-refractivity contribution in [1.29, 1.82) is 0 Å². The maximum atomic E-state index is 12.7. The highest BCUT2D eigenvalue weighted by Crippen LogP contribution is 2.38. The molecule has 1 fully saturated rings. The molecule has 3 rings (SSSR count). The van der Waals surface area contributed by atoms with E-state index in [-0.39, 0.29) is 0 Å². The minimum Gasteiger partial charge on any atom is -0.465 e. The van der Waals surface area contributed by atoms with Gasteiger partial charge in [-0.15, -0.1) is 0 Å². The zero-order chi connectivity index (χ0) is 22.5. The number of nitrogens with zero attached hydrogens (tertiary/aromatic N) is 1. The Bertz CT molecular complexity index is 969. The molecule has 0 atom stereocenters. The van der Waals surface area contributed by atoms with Crippen LogP contribution in [0, 0.1) is 0 Å². The normalized spacial score (nSPS) is 17.9. The molecule has 2 heterocycles. The maximum Gasteiger partial charge on any atom is 0.462 e. The first-order valence-corrected chi connectivity index (χ1v) is 10.1. The second-order valence-corrected chi connectivity index (χ2v) is 9.62. The lowest BCUT2D eigenvalue weighted by atomic mass is 9.80. The molecule has 2 aromatic rings. The Kier molecular flexibility index (Phi) is 5.54. The molecule has 1 aliphatic heterocycles. The van der Waals surface area contributed by atoms with E-state index in [0.717, 1.165) is 5.56 Å². The average molecular weight is 415 g/mol. The third kappa shape index (κ3) is 4.25. The number of ether oxygens (including phenoxy) is 2. The highest BCUT2D eigenvalue weighted by atomic mass is 16.7. The second-order valence-electron chi connectivity index (χ2n) is 9.62. The Morgan fingerprint density at radius 3 is 2.23 bits per heavy atom. The molecule has 1 aromatic heterocycles. The SMILES string of the molecule is COC(=O)c1cc(CB2OC(C)(C)C(C)(C)O2)cc2c1ccn2C(=O)OC(C)(C)C. The van der Waals surface area contributed by atoms with Crippen LogP contribution in [-0.2, 0) is 25.1 Å². The molecule has 8 heteroatoms. The number of carbonyl (C=O) groups is 2. The molecule has 0 unspecified atom stereocenters. The predicted molar refractivity (Wildman–Crippen MR) is 115 cm³/mol. The zero-order valence-corrected chi connectivity index (χ0v) is 19.0. The Morgan fingerprint density at radius 1 is 1.10 bits per heavy atom. The van der Waals surface area contributed by atoms with E-state index in [9.17, 15) is 9.59 Å². The molecular weight excluding hydrogens is 385 g/mol. The van der Waals surface area contributed by atoms with E-state index < -0.39 is 36.0 Å². The Hall–Kier alpha value is -2.32. The summed E-state index contributed by atoms with van der Waals surface area (Å²) in [4.78, 5) is 25.1. The number of fused-ring (bicyclic) bond motifs is 1. The van der Waals surface area contributed by atoms with Gasteiger partial charge in [-0.3, -0.25) is 4.57 Å². The van der Waals surface area contributed by atoms with Gasteiger partial charge in [0.1, 0.15) is 5.60 Å². The van der Waals surface area contributed by atoms with Gasteiger partial charge < -0.3 is 18.8 Å². The number of esters is 1. The molecule has 1 aliphatic rings. The number of hydrogen-bond donors (Lipinski definition) is 0. The number of carbonyl (C=O) groups excluding carboxylic acids is 2. The highest BCUT2D eigenvalue weighted by molar-refractivity contribution is 6.45. The number of methoxy groups -OCH3 is 1. The molecule has 1 saturated heterocycles. The van der Waals surface area contributed by atoms with Crippen molar-refractivity contribution in [3.05, 3.63) is 35.5 Å². The van der Waals surface area contributed by atoms with Crippen molar-refractivity contribution in [3.63, 3.8) is 0 Å². The van der Waals surface area contributed by atoms with Crippen LogP contribution >= 0.6 is 0 Å². The lowest BCUT2D eigenvalue weighted by Crippen LogP contribution is -2.41. The van der Waals surface area contributed by atoms with Gasteiger partial charge in [0.25, 0.3) is 0 Å². The van der Waals surface area contributed by atoms with Gasteiger partial charge in [-0.05, 0) is 72.2 Å². The minimum atomic E-state index is -0.640. The molecule has 0 saturated carbocycles. The van der Waals surface area contributed by atoms with Crippen molar-refractivity contribution in [1.82, 2.24) is 4.57 Å². The summed E-state index contributed by atoms with van der Waals surface area (Å²) >= 11 is 0. The van der Waals surface area contributed by atoms with E-state index in [1.807, 2.05) is 33.8 Å². The van der Waals surface area contributed by atoms with E-state index in [4.69, 9.17) is 18.8 Å². The summed E-state index contributed by atoms with van der Waals surface area (Å²) in [5.41, 5.74) is 0.194. The summed E-state index contributed by atoms with van der Waals surface area (Å²) < 4.78 is 24.1. The molecule has 0 N–H and O–H groups in total. The Balaban J connectivity index is 2.02. The van der Waals surface area contributed by atoms with Crippen molar-refractivity contribution in [3.8, 4) is 0 Å². The third-order valence-corrected chi connectivity index (χ3v) is 5.57. The van der Waals surface area contributed by atoms with Gasteiger partial charge in [0.2, 0.25) is 0 Å². The van der Waals surface area contributed by atoms with E-state index in [1.54, 1.807) is 39.1 Å². The maximum absolute atomic E-state index is 12.7. The van der Waals surface area contributed by atoms with Crippen molar-refractivity contribution >= 4 is 30.1 Å². The van der Waals surface area contributed by atoms with Crippen LogP contribution in [0.15, 0.2) is 24.4 Å². The van der Waals surface area contributed by atoms with Gasteiger partial charge in [-0.25, -0.2) is 9.59 Å². The van der Waals surface area contributed by atoms with Crippen molar-refractivity contribution < 1.29 is 28.4 Å². The van der Waals surface area contributed by atoms with Gasteiger partial charge in [0.05, 0.1) is 29.4 Å². The molecule has 0 spiro atoms. The number of rotatable bonds is 3. The summed E-state index contributed by atoms with van der Waals surface area (Å²) in [6, 6.07) is 5.33. The molecule has 0 radical (unpaired) electrons. The Labute approximate surface area is 177 Å². The van der Waals surface area contributed by atoms with Crippen molar-refractivity contribution in [2.75, 3.05) is 7.11 Å². The van der Waals surface area contributed by atoms with Gasteiger partial charge in [0, 0.05) is 17.9 Å². The molecule has 7 nitrogen and oxygen atoms in total. The topological polar surface area (TPSA) is 76.0 Å². The summed E-state index contributed by atoms with van der Waals surface area (Å²) in [5, 5.41) is 0.616. The fraction of sp³-hybridized carbons (Fsp3) is 0.545. The zero-order valence-electron chi connectivity index (χ0n) is 19.0. The summed E-state index contributed by atoms with van der Waals surface area (Å²) in [5.74, 6) is -0.474. The summed E-state index contributed by atoms with van der Waals surface area (Å²) in [6.45, 7) is 13.4. The molecular formula is C22H30BNO6. The van der Waals surface area contributed by atoms with Crippen LogP contribution in [0.4, 0.5) is 4.79 Å². The van der Waals surface area contributed by atoms with Gasteiger partial charge in [-0.1, -0.05) is 0 Å². The van der Waals surface area contributed by atoms with Crippen LogP contribution in [-0.4, -0.2) is 47.7 Å². The fourth-order valence-corrected chi connectivity index (χ4v) is 3.41. The third-order valence-electron chi connectivity index (χ3n) is 5.57. The molecule has 0 aliphatic carbocycles. The van der Waals surface area contributed by atoms with Crippen molar-refractivity contribution in [2.24, 2.45) is 0 Å². The van der Waals surface area contributed by atoms with Crippen LogP contribution in [0.1, 0.15) is 64.4 Å². The first-order chi connectivity index (χ1) is 13.7. The molecule has 30 heavy (non-hydrogen) atoms. The van der Waals surface area contributed by atoms with E-state index in [0.29, 0.717) is 22.8 Å². The number of benzene rings is 1. The quantitative estimate of drug-likeness (QED) is 0.547. The lowest BCUT2D eigenvalue weighted by molar-refractivity contribution is 0.00578. The molecule has 0 bridgehead atoms. The largest absolute Gasteiger partial charge is 0.465 e. The first-order valence-electron chi connectivity index (χ1n) is 10.1. The summed E-state index contributed by atoms with van der Waals surface area (Å²) in [6.07, 6.45) is 1.51. The molecule has 0 amide bonds. The smallest absolute Gasteiger partial charge is 0.462 e. The first kappa shape index (κ1) is 22.4. The van der Waals surface area contributed by atoms with E-state index >= 15 is 0 Å². The summed E-state index contributed by atoms with van der Waals surface area (Å²) in [7, 11) is 0.864. The highest BCUT2D eigenvalue weighted by Gasteiger charge is 2.50. The van der Waals surface area contributed by atoms with Crippen LogP contribution < -0.4 is 0 Å². The van der Waals surface area contributed by atoms with Crippen LogP contribution in [0.2, 0.25) is 0 Å². The standard InChI is InChI=1S/C22H30BNO6/c1-20(2,3)28-19(26)24-10-9-15-16(18(25)27-8)11-14(12-17(15)24)13-23-29-21(4,5)22(6,7)30-23/h9-12H,13H2,1-8H3. The van der Waals surface area contributed by atoms with Gasteiger partial charge >= 0.3 is 19.2 Å². The van der Waals surface area contributed by atoms with E-state index in [2.05, 4.69) is 0 Å². The monoisotopic (exact) mass is 415 g/mol. The lowest BCUT2D eigenvalue weighted by Gasteiger charge is -2.32. The van der Waals surface area contributed by atoms with Crippen LogP contribution in [0.5, 0.6) is 0 Å². The second kappa shape index (κ2) is 7.43. The average Bonchev–Trinajstić information content (AvgIpc) is 3.09. The Morgan fingerprint density at radius 2 is 1.70 bits per heavy atom. The van der Waals surface area contributed by atoms with Gasteiger partial charge in [0.15, 0.2) is 0 Å². The van der Waals surface area contributed by atoms with Crippen LogP contribution in [0.3, 0.4) is 0 Å². The number of aromatic nitrogens is 1. The van der Waals surface area contributed by atoms with Gasteiger partial charge in [-0.2, -0.15) is 0 Å². The fourth-order valence-electron chi connectivity index (χ4n) is 3.41. The molecule has 1 aromatic carbocycles. The number of hydrogen-bond acceptors (Lipinski definition) is 6. The van der Waals surface area contributed by atoms with Crippen LogP contribution in [0.25, 0.3) is 10.9 Å². The molecule has 162 valence electrons. The van der Waals surface area contributed by atoms with E-state index in [1.165, 1.54) is 11.7 Å². The predicted octanol–water partition coefficient (Wildman–Crippen LogP) is 4.39. The minimum absolute atomic E-state index is 0.379.